The molecule has 2 heteroatoms. The molecule has 2 rings (SSSR count). The highest BCUT2D eigenvalue weighted by Gasteiger charge is 2.28. The summed E-state index contributed by atoms with van der Waals surface area (Å²) in [5.41, 5.74) is 0. The van der Waals surface area contributed by atoms with Crippen molar-refractivity contribution < 1.29 is 0 Å². The first-order valence-corrected chi connectivity index (χ1v) is 5.54. The van der Waals surface area contributed by atoms with Crippen molar-refractivity contribution in [3.63, 3.8) is 0 Å². The van der Waals surface area contributed by atoms with Gasteiger partial charge in [0, 0.05) is 12.6 Å². The van der Waals surface area contributed by atoms with Gasteiger partial charge in [-0.2, -0.15) is 5.26 Å². The van der Waals surface area contributed by atoms with E-state index in [1.54, 1.807) is 0 Å². The van der Waals surface area contributed by atoms with Crippen LogP contribution in [-0.4, -0.2) is 24.0 Å². The molecule has 1 heterocycles. The number of hydrogen-bond donors (Lipinski definition) is 0. The average Bonchev–Trinajstić information content (AvgIpc) is 2.67. The largest absolute Gasteiger partial charge is 0.299 e. The van der Waals surface area contributed by atoms with Crippen LogP contribution in [0.2, 0.25) is 0 Å². The second-order valence-electron chi connectivity index (χ2n) is 4.40. The summed E-state index contributed by atoms with van der Waals surface area (Å²) in [6.45, 7) is 2.21. The van der Waals surface area contributed by atoms with Crippen molar-refractivity contribution in [2.75, 3.05) is 13.1 Å². The molecule has 0 aromatic rings. The zero-order chi connectivity index (χ0) is 9.10. The van der Waals surface area contributed by atoms with E-state index in [1.165, 1.54) is 38.6 Å². The van der Waals surface area contributed by atoms with Gasteiger partial charge in [0.15, 0.2) is 0 Å². The van der Waals surface area contributed by atoms with Crippen LogP contribution >= 0.6 is 0 Å². The lowest BCUT2D eigenvalue weighted by Crippen LogP contribution is -2.34. The van der Waals surface area contributed by atoms with Crippen LogP contribution in [0.1, 0.15) is 38.5 Å². The van der Waals surface area contributed by atoms with Crippen molar-refractivity contribution in [3.8, 4) is 6.07 Å². The van der Waals surface area contributed by atoms with Crippen molar-refractivity contribution in [2.24, 2.45) is 5.92 Å². The molecule has 0 amide bonds. The van der Waals surface area contributed by atoms with E-state index in [0.717, 1.165) is 19.0 Å². The molecular weight excluding hydrogens is 160 g/mol. The highest BCUT2D eigenvalue weighted by molar-refractivity contribution is 4.93. The van der Waals surface area contributed by atoms with Gasteiger partial charge in [0.1, 0.15) is 0 Å². The highest BCUT2D eigenvalue weighted by Crippen LogP contribution is 2.27. The van der Waals surface area contributed by atoms with Crippen LogP contribution in [0.5, 0.6) is 0 Å². The summed E-state index contributed by atoms with van der Waals surface area (Å²) < 4.78 is 0. The second kappa shape index (κ2) is 4.11. The zero-order valence-electron chi connectivity index (χ0n) is 8.21. The molecule has 2 nitrogen and oxygen atoms in total. The van der Waals surface area contributed by atoms with Crippen LogP contribution in [0, 0.1) is 17.2 Å². The molecule has 0 bridgehead atoms. The fraction of sp³-hybridized carbons (Fsp3) is 0.909. The molecule has 1 aliphatic heterocycles. The lowest BCUT2D eigenvalue weighted by Gasteiger charge is -2.30. The molecule has 2 aliphatic rings. The molecule has 0 spiro atoms. The molecule has 2 fully saturated rings. The van der Waals surface area contributed by atoms with Gasteiger partial charge in [0.2, 0.25) is 0 Å². The Kier molecular flexibility index (Phi) is 2.85. The van der Waals surface area contributed by atoms with Crippen LogP contribution in [0.25, 0.3) is 0 Å². The lowest BCUT2D eigenvalue weighted by atomic mass is 9.94. The third-order valence-electron chi connectivity index (χ3n) is 3.49. The van der Waals surface area contributed by atoms with Crippen LogP contribution < -0.4 is 0 Å². The van der Waals surface area contributed by atoms with Gasteiger partial charge in [-0.15, -0.1) is 0 Å². The molecule has 0 unspecified atom stereocenters. The van der Waals surface area contributed by atoms with E-state index in [-0.39, 0.29) is 0 Å². The van der Waals surface area contributed by atoms with Gasteiger partial charge in [-0.3, -0.25) is 4.90 Å². The quantitative estimate of drug-likeness (QED) is 0.615. The van der Waals surface area contributed by atoms with Gasteiger partial charge >= 0.3 is 0 Å². The van der Waals surface area contributed by atoms with E-state index in [0.29, 0.717) is 5.92 Å². The minimum absolute atomic E-state index is 0.321. The molecule has 0 aromatic heterocycles. The summed E-state index contributed by atoms with van der Waals surface area (Å²) in [7, 11) is 0. The summed E-state index contributed by atoms with van der Waals surface area (Å²) in [6.07, 6.45) is 8.08. The summed E-state index contributed by atoms with van der Waals surface area (Å²) in [5.74, 6) is 0.321. The second-order valence-corrected chi connectivity index (χ2v) is 4.40. The number of rotatable bonds is 1. The standard InChI is InChI=1S/C11H18N2/c12-8-10-6-7-13(9-10)11-4-2-1-3-5-11/h10-11H,1-7,9H2/t10-/m1/s1. The van der Waals surface area contributed by atoms with Gasteiger partial charge in [-0.25, -0.2) is 0 Å². The maximum absolute atomic E-state index is 8.81. The molecule has 0 radical (unpaired) electrons. The average molecular weight is 178 g/mol. The maximum atomic E-state index is 8.81. The van der Waals surface area contributed by atoms with Crippen LogP contribution in [-0.2, 0) is 0 Å². The molecule has 1 atom stereocenters. The van der Waals surface area contributed by atoms with Crippen molar-refractivity contribution in [3.05, 3.63) is 0 Å². The Morgan fingerprint density at radius 1 is 1.08 bits per heavy atom. The first-order valence-electron chi connectivity index (χ1n) is 5.54. The van der Waals surface area contributed by atoms with Gasteiger partial charge in [-0.05, 0) is 25.8 Å². The Morgan fingerprint density at radius 3 is 2.46 bits per heavy atom. The van der Waals surface area contributed by atoms with E-state index in [1.807, 2.05) is 0 Å². The smallest absolute Gasteiger partial charge is 0.0669 e. The number of nitriles is 1. The molecule has 72 valence electrons. The van der Waals surface area contributed by atoms with Crippen molar-refractivity contribution in [1.29, 1.82) is 5.26 Å². The summed E-state index contributed by atoms with van der Waals surface area (Å²) in [5, 5.41) is 8.81. The van der Waals surface area contributed by atoms with Gasteiger partial charge in [-0.1, -0.05) is 19.3 Å². The molecule has 1 saturated heterocycles. The molecule has 1 aliphatic carbocycles. The Balaban J connectivity index is 1.84. The van der Waals surface area contributed by atoms with E-state index < -0.39 is 0 Å². The molecule has 0 N–H and O–H groups in total. The fourth-order valence-electron chi connectivity index (χ4n) is 2.67. The Hall–Kier alpha value is -0.550. The maximum Gasteiger partial charge on any atom is 0.0669 e. The van der Waals surface area contributed by atoms with Crippen LogP contribution in [0.3, 0.4) is 0 Å². The Morgan fingerprint density at radius 2 is 1.85 bits per heavy atom. The summed E-state index contributed by atoms with van der Waals surface area (Å²) in [4.78, 5) is 2.55. The van der Waals surface area contributed by atoms with Gasteiger partial charge in [0.25, 0.3) is 0 Å². The summed E-state index contributed by atoms with van der Waals surface area (Å²) >= 11 is 0. The molecule has 0 aromatic carbocycles. The van der Waals surface area contributed by atoms with E-state index >= 15 is 0 Å². The summed E-state index contributed by atoms with van der Waals surface area (Å²) in [6, 6.07) is 3.20. The van der Waals surface area contributed by atoms with Crippen LogP contribution in [0.4, 0.5) is 0 Å². The monoisotopic (exact) mass is 178 g/mol. The lowest BCUT2D eigenvalue weighted by molar-refractivity contribution is 0.188. The zero-order valence-corrected chi connectivity index (χ0v) is 8.21. The van der Waals surface area contributed by atoms with Gasteiger partial charge in [0.05, 0.1) is 12.0 Å². The van der Waals surface area contributed by atoms with E-state index in [9.17, 15) is 0 Å². The van der Waals surface area contributed by atoms with Gasteiger partial charge < -0.3 is 0 Å². The highest BCUT2D eigenvalue weighted by atomic mass is 15.2. The first-order chi connectivity index (χ1) is 6.40. The van der Waals surface area contributed by atoms with Crippen LogP contribution in [0.15, 0.2) is 0 Å². The fourth-order valence-corrected chi connectivity index (χ4v) is 2.67. The topological polar surface area (TPSA) is 27.0 Å². The molecule has 1 saturated carbocycles. The predicted molar refractivity (Wildman–Crippen MR) is 52.2 cm³/mol. The van der Waals surface area contributed by atoms with Crippen molar-refractivity contribution >= 4 is 0 Å². The normalized spacial score (nSPS) is 31.8. The minimum Gasteiger partial charge on any atom is -0.299 e. The van der Waals surface area contributed by atoms with E-state index in [2.05, 4.69) is 11.0 Å². The first kappa shape index (κ1) is 9.02. The van der Waals surface area contributed by atoms with Crippen molar-refractivity contribution in [1.82, 2.24) is 4.90 Å². The molecular formula is C11H18N2. The van der Waals surface area contributed by atoms with E-state index in [4.69, 9.17) is 5.26 Å². The number of hydrogen-bond acceptors (Lipinski definition) is 2. The Labute approximate surface area is 80.5 Å². The predicted octanol–water partition coefficient (Wildman–Crippen LogP) is 2.16. The Bertz CT molecular complexity index is 201. The third-order valence-corrected chi connectivity index (χ3v) is 3.49. The number of likely N-dealkylation sites (tertiary alicyclic amines) is 1. The third kappa shape index (κ3) is 2.03. The molecule has 13 heavy (non-hydrogen) atoms. The SMILES string of the molecule is N#C[C@H]1CCN(C2CCCCC2)C1. The van der Waals surface area contributed by atoms with Crippen molar-refractivity contribution in [2.45, 2.75) is 44.6 Å². The number of nitrogens with zero attached hydrogens (tertiary/aromatic N) is 2. The minimum atomic E-state index is 0.321.